The van der Waals surface area contributed by atoms with Gasteiger partial charge in [-0.25, -0.2) is 0 Å². The first-order valence-electron chi connectivity index (χ1n) is 8.33. The van der Waals surface area contributed by atoms with Gasteiger partial charge in [0.2, 0.25) is 0 Å². The average molecular weight is 357 g/mol. The molecule has 7 nitrogen and oxygen atoms in total. The van der Waals surface area contributed by atoms with Crippen LogP contribution in [-0.2, 0) is 0 Å². The highest BCUT2D eigenvalue weighted by Gasteiger charge is 2.21. The van der Waals surface area contributed by atoms with E-state index in [1.165, 1.54) is 20.4 Å². The molecule has 0 bridgehead atoms. The molecular formula is C19H23N3O4. The van der Waals surface area contributed by atoms with E-state index in [9.17, 15) is 9.59 Å². The van der Waals surface area contributed by atoms with Crippen molar-refractivity contribution in [3.63, 3.8) is 0 Å². The van der Waals surface area contributed by atoms with E-state index in [1.807, 2.05) is 13.8 Å². The van der Waals surface area contributed by atoms with Gasteiger partial charge in [-0.15, -0.1) is 0 Å². The Hall–Kier alpha value is -3.09. The van der Waals surface area contributed by atoms with Crippen LogP contribution in [0.15, 0.2) is 36.5 Å². The normalized spacial score (nSPS) is 10.2. The van der Waals surface area contributed by atoms with Crippen molar-refractivity contribution in [3.05, 3.63) is 47.8 Å². The smallest absolute Gasteiger partial charge is 0.274 e. The molecule has 2 amide bonds. The summed E-state index contributed by atoms with van der Waals surface area (Å²) in [4.78, 5) is 30.8. The number of hydrogen-bond donors (Lipinski definition) is 1. The average Bonchev–Trinajstić information content (AvgIpc) is 2.68. The summed E-state index contributed by atoms with van der Waals surface area (Å²) < 4.78 is 10.7. The van der Waals surface area contributed by atoms with Crippen molar-refractivity contribution in [1.29, 1.82) is 0 Å². The maximum atomic E-state index is 12.7. The molecule has 26 heavy (non-hydrogen) atoms. The van der Waals surface area contributed by atoms with Crippen LogP contribution >= 0.6 is 0 Å². The topological polar surface area (TPSA) is 80.8 Å². The third-order valence-electron chi connectivity index (χ3n) is 3.92. The van der Waals surface area contributed by atoms with Gasteiger partial charge in [0.25, 0.3) is 11.8 Å². The Kier molecular flexibility index (Phi) is 6.54. The molecule has 0 saturated heterocycles. The molecule has 0 radical (unpaired) electrons. The first-order chi connectivity index (χ1) is 12.5. The van der Waals surface area contributed by atoms with Gasteiger partial charge in [0, 0.05) is 24.8 Å². The van der Waals surface area contributed by atoms with Crippen molar-refractivity contribution in [1.82, 2.24) is 9.88 Å². The van der Waals surface area contributed by atoms with Crippen molar-refractivity contribution in [2.24, 2.45) is 0 Å². The summed E-state index contributed by atoms with van der Waals surface area (Å²) in [7, 11) is 2.95. The second kappa shape index (κ2) is 8.84. The fourth-order valence-corrected chi connectivity index (χ4v) is 2.56. The summed E-state index contributed by atoms with van der Waals surface area (Å²) in [5.74, 6) is 0.150. The molecule has 0 aliphatic carbocycles. The molecule has 138 valence electrons. The molecule has 0 aliphatic rings. The fraction of sp³-hybridized carbons (Fsp3) is 0.316. The highest BCUT2D eigenvalue weighted by Crippen LogP contribution is 2.37. The number of hydrogen-bond acceptors (Lipinski definition) is 5. The number of nitrogens with zero attached hydrogens (tertiary/aromatic N) is 2. The van der Waals surface area contributed by atoms with Crippen LogP contribution in [0.2, 0.25) is 0 Å². The number of pyridine rings is 1. The maximum absolute atomic E-state index is 12.7. The molecule has 0 spiro atoms. The van der Waals surface area contributed by atoms with Gasteiger partial charge in [-0.1, -0.05) is 6.07 Å². The Morgan fingerprint density at radius 2 is 1.85 bits per heavy atom. The predicted molar refractivity (Wildman–Crippen MR) is 99.0 cm³/mol. The molecule has 0 atom stereocenters. The second-order valence-electron chi connectivity index (χ2n) is 5.41. The minimum atomic E-state index is -0.404. The molecule has 7 heteroatoms. The standard InChI is InChI=1S/C19H23N3O4/c1-5-22(6-2)19(24)13-11-15(17(26-4)16(12-13)25-3)21-18(23)14-9-7-8-10-20-14/h7-12H,5-6H2,1-4H3,(H,21,23). The molecule has 2 rings (SSSR count). The first-order valence-corrected chi connectivity index (χ1v) is 8.33. The highest BCUT2D eigenvalue weighted by atomic mass is 16.5. The summed E-state index contributed by atoms with van der Waals surface area (Å²) >= 11 is 0. The van der Waals surface area contributed by atoms with E-state index in [4.69, 9.17) is 9.47 Å². The monoisotopic (exact) mass is 357 g/mol. The van der Waals surface area contributed by atoms with E-state index in [0.717, 1.165) is 0 Å². The highest BCUT2D eigenvalue weighted by molar-refractivity contribution is 6.05. The third-order valence-corrected chi connectivity index (χ3v) is 3.92. The van der Waals surface area contributed by atoms with Gasteiger partial charge < -0.3 is 19.7 Å². The number of rotatable bonds is 7. The Morgan fingerprint density at radius 1 is 1.12 bits per heavy atom. The van der Waals surface area contributed by atoms with Gasteiger partial charge in [0.1, 0.15) is 5.69 Å². The number of methoxy groups -OCH3 is 2. The molecule has 1 heterocycles. The Bertz CT molecular complexity index is 774. The summed E-state index contributed by atoms with van der Waals surface area (Å²) in [6.45, 7) is 4.98. The summed E-state index contributed by atoms with van der Waals surface area (Å²) in [6.07, 6.45) is 1.53. The summed E-state index contributed by atoms with van der Waals surface area (Å²) in [6, 6.07) is 8.24. The predicted octanol–water partition coefficient (Wildman–Crippen LogP) is 2.83. The lowest BCUT2D eigenvalue weighted by atomic mass is 10.1. The zero-order valence-corrected chi connectivity index (χ0v) is 15.4. The number of nitrogens with one attached hydrogen (secondary N) is 1. The molecule has 0 fully saturated rings. The van der Waals surface area contributed by atoms with Gasteiger partial charge in [-0.3, -0.25) is 14.6 Å². The molecule has 2 aromatic rings. The van der Waals surface area contributed by atoms with E-state index in [2.05, 4.69) is 10.3 Å². The van der Waals surface area contributed by atoms with E-state index < -0.39 is 5.91 Å². The van der Waals surface area contributed by atoms with Gasteiger partial charge in [-0.2, -0.15) is 0 Å². The van der Waals surface area contributed by atoms with E-state index in [1.54, 1.807) is 35.2 Å². The molecule has 0 aliphatic heterocycles. The molecular weight excluding hydrogens is 334 g/mol. The van der Waals surface area contributed by atoms with Crippen LogP contribution in [-0.4, -0.2) is 49.0 Å². The van der Waals surface area contributed by atoms with E-state index in [-0.39, 0.29) is 11.6 Å². The lowest BCUT2D eigenvalue weighted by Crippen LogP contribution is -2.30. The largest absolute Gasteiger partial charge is 0.493 e. The van der Waals surface area contributed by atoms with Crippen molar-refractivity contribution in [2.45, 2.75) is 13.8 Å². The van der Waals surface area contributed by atoms with Crippen LogP contribution in [0, 0.1) is 0 Å². The number of carbonyl (C=O) groups is 2. The SMILES string of the molecule is CCN(CC)C(=O)c1cc(NC(=O)c2ccccn2)c(OC)c(OC)c1. The molecule has 1 aromatic carbocycles. The van der Waals surface area contributed by atoms with Gasteiger partial charge >= 0.3 is 0 Å². The lowest BCUT2D eigenvalue weighted by Gasteiger charge is -2.21. The number of amides is 2. The Balaban J connectivity index is 2.44. The van der Waals surface area contributed by atoms with Crippen molar-refractivity contribution in [2.75, 3.05) is 32.6 Å². The fourth-order valence-electron chi connectivity index (χ4n) is 2.56. The van der Waals surface area contributed by atoms with Gasteiger partial charge in [-0.05, 0) is 38.1 Å². The minimum Gasteiger partial charge on any atom is -0.493 e. The number of aromatic nitrogens is 1. The number of anilines is 1. The quantitative estimate of drug-likeness (QED) is 0.824. The number of carbonyl (C=O) groups excluding carboxylic acids is 2. The van der Waals surface area contributed by atoms with Crippen LogP contribution in [0.4, 0.5) is 5.69 Å². The zero-order valence-electron chi connectivity index (χ0n) is 15.4. The van der Waals surface area contributed by atoms with Crippen LogP contribution in [0.5, 0.6) is 11.5 Å². The first kappa shape index (κ1) is 19.2. The van der Waals surface area contributed by atoms with Gasteiger partial charge in [0.05, 0.1) is 19.9 Å². The molecule has 1 N–H and O–H groups in total. The number of benzene rings is 1. The third kappa shape index (κ3) is 4.11. The van der Waals surface area contributed by atoms with E-state index >= 15 is 0 Å². The molecule has 1 aromatic heterocycles. The van der Waals surface area contributed by atoms with Crippen LogP contribution < -0.4 is 14.8 Å². The second-order valence-corrected chi connectivity index (χ2v) is 5.41. The van der Waals surface area contributed by atoms with Gasteiger partial charge in [0.15, 0.2) is 11.5 Å². The van der Waals surface area contributed by atoms with Crippen molar-refractivity contribution >= 4 is 17.5 Å². The summed E-state index contributed by atoms with van der Waals surface area (Å²) in [5, 5.41) is 2.75. The van der Waals surface area contributed by atoms with Crippen LogP contribution in [0.1, 0.15) is 34.7 Å². The minimum absolute atomic E-state index is 0.149. The Morgan fingerprint density at radius 3 is 2.38 bits per heavy atom. The molecule has 0 saturated carbocycles. The van der Waals surface area contributed by atoms with E-state index in [0.29, 0.717) is 35.8 Å². The van der Waals surface area contributed by atoms with Crippen LogP contribution in [0.3, 0.4) is 0 Å². The zero-order chi connectivity index (χ0) is 19.1. The summed E-state index contributed by atoms with van der Waals surface area (Å²) in [5.41, 5.74) is 1.01. The Labute approximate surface area is 152 Å². The maximum Gasteiger partial charge on any atom is 0.274 e. The van der Waals surface area contributed by atoms with Crippen molar-refractivity contribution < 1.29 is 19.1 Å². The molecule has 0 unspecified atom stereocenters. The van der Waals surface area contributed by atoms with Crippen molar-refractivity contribution in [3.8, 4) is 11.5 Å². The lowest BCUT2D eigenvalue weighted by molar-refractivity contribution is 0.0772. The number of ether oxygens (including phenoxy) is 2. The van der Waals surface area contributed by atoms with Crippen LogP contribution in [0.25, 0.3) is 0 Å².